The molecule has 0 spiro atoms. The van der Waals surface area contributed by atoms with Crippen molar-refractivity contribution in [3.05, 3.63) is 107 Å². The van der Waals surface area contributed by atoms with Gasteiger partial charge in [0.25, 0.3) is 5.91 Å². The summed E-state index contributed by atoms with van der Waals surface area (Å²) >= 11 is 0. The summed E-state index contributed by atoms with van der Waals surface area (Å²) in [6.45, 7) is 8.33. The van der Waals surface area contributed by atoms with E-state index in [0.29, 0.717) is 5.56 Å². The van der Waals surface area contributed by atoms with Gasteiger partial charge >= 0.3 is 7.82 Å². The molecular formula is C35H41N2O7P. The third-order valence-electron chi connectivity index (χ3n) is 7.32. The number of phosphoric ester groups is 1. The van der Waals surface area contributed by atoms with Crippen LogP contribution in [0, 0.1) is 0 Å². The van der Waals surface area contributed by atoms with E-state index in [1.165, 1.54) is 34.2 Å². The molecule has 3 aromatic rings. The number of anilines is 3. The summed E-state index contributed by atoms with van der Waals surface area (Å²) in [7, 11) is -4.62. The SMILES string of the molecule is CC(C)=CCC/C(C)=C/CC/C(C)=C/CN1C(=O)c2cccc(OP(=O)(O)OCc3ccccc3)c2Nc2c(O)cc(O)cc21. The molecule has 45 heavy (non-hydrogen) atoms. The lowest BCUT2D eigenvalue weighted by atomic mass is 10.1. The van der Waals surface area contributed by atoms with E-state index in [1.807, 2.05) is 19.1 Å². The zero-order valence-electron chi connectivity index (χ0n) is 26.1. The van der Waals surface area contributed by atoms with Crippen LogP contribution >= 0.6 is 7.82 Å². The van der Waals surface area contributed by atoms with Crippen LogP contribution in [-0.2, 0) is 15.7 Å². The monoisotopic (exact) mass is 632 g/mol. The van der Waals surface area contributed by atoms with Crippen LogP contribution in [0.4, 0.5) is 17.1 Å². The molecule has 0 fully saturated rings. The van der Waals surface area contributed by atoms with Crippen molar-refractivity contribution in [3.63, 3.8) is 0 Å². The van der Waals surface area contributed by atoms with Crippen molar-refractivity contribution in [3.8, 4) is 17.2 Å². The first-order valence-electron chi connectivity index (χ1n) is 14.9. The molecule has 0 aromatic heterocycles. The van der Waals surface area contributed by atoms with Crippen molar-refractivity contribution >= 4 is 30.8 Å². The average molecular weight is 633 g/mol. The molecule has 1 aliphatic heterocycles. The number of phenols is 2. The largest absolute Gasteiger partial charge is 0.527 e. The number of nitrogens with one attached hydrogen (secondary N) is 1. The van der Waals surface area contributed by atoms with Crippen LogP contribution in [0.15, 0.2) is 95.6 Å². The number of benzene rings is 3. The lowest BCUT2D eigenvalue weighted by molar-refractivity contribution is 0.0990. The molecule has 1 amide bonds. The van der Waals surface area contributed by atoms with Gasteiger partial charge in [-0.25, -0.2) is 4.57 Å². The summed E-state index contributed by atoms with van der Waals surface area (Å²) in [5.41, 5.74) is 5.01. The lowest BCUT2D eigenvalue weighted by Crippen LogP contribution is -2.30. The maximum absolute atomic E-state index is 14.0. The topological polar surface area (TPSA) is 129 Å². The lowest BCUT2D eigenvalue weighted by Gasteiger charge is -2.22. The predicted octanol–water partition coefficient (Wildman–Crippen LogP) is 8.92. The summed E-state index contributed by atoms with van der Waals surface area (Å²) in [5, 5.41) is 24.1. The van der Waals surface area contributed by atoms with Crippen molar-refractivity contribution in [1.29, 1.82) is 0 Å². The van der Waals surface area contributed by atoms with Gasteiger partial charge in [0.05, 0.1) is 23.5 Å². The fourth-order valence-corrected chi connectivity index (χ4v) is 5.65. The van der Waals surface area contributed by atoms with Gasteiger partial charge < -0.3 is 25.0 Å². The highest BCUT2D eigenvalue weighted by Gasteiger charge is 2.33. The maximum Gasteiger partial charge on any atom is 0.527 e. The van der Waals surface area contributed by atoms with Crippen LogP contribution in [0.2, 0.25) is 0 Å². The van der Waals surface area contributed by atoms with Crippen LogP contribution in [0.1, 0.15) is 69.3 Å². The molecule has 4 N–H and O–H groups in total. The number of para-hydroxylation sites is 1. The summed E-state index contributed by atoms with van der Waals surface area (Å²) < 4.78 is 23.6. The van der Waals surface area contributed by atoms with E-state index in [4.69, 9.17) is 9.05 Å². The smallest absolute Gasteiger partial charge is 0.508 e. The van der Waals surface area contributed by atoms with Crippen LogP contribution in [0.5, 0.6) is 17.2 Å². The second-order valence-electron chi connectivity index (χ2n) is 11.4. The molecule has 1 atom stereocenters. The van der Waals surface area contributed by atoms with E-state index < -0.39 is 13.7 Å². The summed E-state index contributed by atoms with van der Waals surface area (Å²) in [4.78, 5) is 25.9. The Morgan fingerprint density at radius 2 is 1.58 bits per heavy atom. The number of nitrogens with zero attached hydrogens (tertiary/aromatic N) is 1. The second-order valence-corrected chi connectivity index (χ2v) is 12.7. The first-order chi connectivity index (χ1) is 21.4. The number of hydrogen-bond acceptors (Lipinski definition) is 7. The van der Waals surface area contributed by atoms with Crippen molar-refractivity contribution in [2.75, 3.05) is 16.8 Å². The Bertz CT molecular complexity index is 1660. The average Bonchev–Trinajstić information content (AvgIpc) is 3.10. The predicted molar refractivity (Wildman–Crippen MR) is 178 cm³/mol. The summed E-state index contributed by atoms with van der Waals surface area (Å²) in [5.74, 6) is -1.11. The quantitative estimate of drug-likeness (QED) is 0.0636. The number of amides is 1. The van der Waals surface area contributed by atoms with E-state index in [0.717, 1.165) is 37.3 Å². The van der Waals surface area contributed by atoms with Crippen LogP contribution in [0.3, 0.4) is 0 Å². The van der Waals surface area contributed by atoms with Gasteiger partial charge in [0.2, 0.25) is 0 Å². The van der Waals surface area contributed by atoms with E-state index in [-0.39, 0.29) is 53.0 Å². The molecule has 1 unspecified atom stereocenters. The minimum atomic E-state index is -4.62. The first-order valence-corrected chi connectivity index (χ1v) is 16.4. The van der Waals surface area contributed by atoms with Crippen molar-refractivity contribution in [2.24, 2.45) is 0 Å². The molecule has 9 nitrogen and oxygen atoms in total. The number of phosphoric acid groups is 1. The number of rotatable bonds is 13. The first kappa shape index (κ1) is 33.6. The molecule has 4 rings (SSSR count). The summed E-state index contributed by atoms with van der Waals surface area (Å²) in [6.07, 6.45) is 10.1. The van der Waals surface area contributed by atoms with Gasteiger partial charge in [-0.1, -0.05) is 71.3 Å². The zero-order chi connectivity index (χ0) is 32.6. The van der Waals surface area contributed by atoms with Crippen molar-refractivity contribution in [2.45, 2.75) is 60.0 Å². The fraction of sp³-hybridized carbons (Fsp3) is 0.286. The highest BCUT2D eigenvalue weighted by molar-refractivity contribution is 7.47. The molecular weight excluding hydrogens is 591 g/mol. The molecule has 1 heterocycles. The van der Waals surface area contributed by atoms with Crippen LogP contribution in [0.25, 0.3) is 0 Å². The highest BCUT2D eigenvalue weighted by atomic mass is 31.2. The third kappa shape index (κ3) is 9.35. The zero-order valence-corrected chi connectivity index (χ0v) is 27.0. The van der Waals surface area contributed by atoms with Gasteiger partial charge in [0, 0.05) is 18.7 Å². The number of hydrogen-bond donors (Lipinski definition) is 4. The minimum Gasteiger partial charge on any atom is -0.508 e. The Labute approximate surface area is 264 Å². The van der Waals surface area contributed by atoms with Gasteiger partial charge in [-0.2, -0.15) is 0 Å². The Kier molecular flexibility index (Phi) is 11.3. The Balaban J connectivity index is 1.57. The fourth-order valence-electron chi connectivity index (χ4n) is 4.88. The molecule has 0 saturated heterocycles. The molecule has 1 aliphatic rings. The Morgan fingerprint density at radius 1 is 0.889 bits per heavy atom. The van der Waals surface area contributed by atoms with Gasteiger partial charge in [0.15, 0.2) is 5.75 Å². The van der Waals surface area contributed by atoms with Crippen LogP contribution in [-0.4, -0.2) is 27.6 Å². The number of allylic oxidation sites excluding steroid dienone is 5. The van der Waals surface area contributed by atoms with Gasteiger partial charge in [-0.05, 0) is 71.1 Å². The molecule has 0 bridgehead atoms. The maximum atomic E-state index is 14.0. The summed E-state index contributed by atoms with van der Waals surface area (Å²) in [6, 6.07) is 15.9. The van der Waals surface area contributed by atoms with Crippen LogP contribution < -0.4 is 14.7 Å². The van der Waals surface area contributed by atoms with Gasteiger partial charge in [0.1, 0.15) is 17.2 Å². The Hall–Kier alpha value is -4.30. The normalized spacial score (nSPS) is 14.5. The van der Waals surface area contributed by atoms with Gasteiger partial charge in [-0.15, -0.1) is 0 Å². The standard InChI is InChI=1S/C35H41N2O7P/c1-24(2)11-8-12-25(3)13-9-14-26(4)19-20-37-30-21-28(38)22-31(39)34(30)36-33-29(35(37)40)17-10-18-32(33)44-45(41,42)43-23-27-15-6-5-7-16-27/h5-7,10-11,13,15-19,21-22,36,38-39H,8-9,12,14,20,23H2,1-4H3,(H,41,42)/b25-13+,26-19+. The number of fused-ring (bicyclic) bond motifs is 2. The van der Waals surface area contributed by atoms with E-state index in [2.05, 4.69) is 38.2 Å². The van der Waals surface area contributed by atoms with Crippen molar-refractivity contribution < 1.29 is 33.5 Å². The third-order valence-corrected chi connectivity index (χ3v) is 8.20. The number of carbonyl (C=O) groups is 1. The number of carbonyl (C=O) groups excluding carboxylic acids is 1. The number of phenolic OH excluding ortho intramolecular Hbond substituents is 2. The molecule has 0 radical (unpaired) electrons. The van der Waals surface area contributed by atoms with E-state index in [1.54, 1.807) is 30.3 Å². The van der Waals surface area contributed by atoms with Crippen molar-refractivity contribution in [1.82, 2.24) is 0 Å². The molecule has 238 valence electrons. The molecule has 0 aliphatic carbocycles. The second kappa shape index (κ2) is 15.1. The van der Waals surface area contributed by atoms with Gasteiger partial charge in [-0.3, -0.25) is 14.2 Å². The number of aromatic hydroxyl groups is 2. The molecule has 10 heteroatoms. The Morgan fingerprint density at radius 3 is 2.29 bits per heavy atom. The van der Waals surface area contributed by atoms with E-state index in [9.17, 15) is 24.5 Å². The molecule has 0 saturated carbocycles. The van der Waals surface area contributed by atoms with E-state index >= 15 is 0 Å². The molecule has 3 aromatic carbocycles. The highest BCUT2D eigenvalue weighted by Crippen LogP contribution is 2.51. The minimum absolute atomic E-state index is 0.0826.